The Kier molecular flexibility index (Phi) is 3.55. The lowest BCUT2D eigenvalue weighted by atomic mass is 9.96. The van der Waals surface area contributed by atoms with Crippen LogP contribution in [-0.4, -0.2) is 43.6 Å². The Morgan fingerprint density at radius 2 is 2.33 bits per heavy atom. The monoisotopic (exact) mass is 287 g/mol. The molecule has 3 rings (SSSR count). The third kappa shape index (κ3) is 2.58. The van der Waals surface area contributed by atoms with Gasteiger partial charge in [0.15, 0.2) is 5.43 Å². The van der Waals surface area contributed by atoms with Crippen LogP contribution in [0.1, 0.15) is 34.9 Å². The van der Waals surface area contributed by atoms with E-state index in [4.69, 9.17) is 0 Å². The van der Waals surface area contributed by atoms with Crippen molar-refractivity contribution in [3.63, 3.8) is 0 Å². The minimum atomic E-state index is -0.250. The fourth-order valence-electron chi connectivity index (χ4n) is 2.79. The smallest absolute Gasteiger partial charge is 0.259 e. The first kappa shape index (κ1) is 13.5. The number of aromatic nitrogens is 4. The summed E-state index contributed by atoms with van der Waals surface area (Å²) in [6.45, 7) is 1.24. The Morgan fingerprint density at radius 1 is 1.48 bits per heavy atom. The van der Waals surface area contributed by atoms with E-state index in [9.17, 15) is 9.59 Å². The van der Waals surface area contributed by atoms with Crippen molar-refractivity contribution in [2.75, 3.05) is 13.1 Å². The van der Waals surface area contributed by atoms with E-state index in [-0.39, 0.29) is 22.8 Å². The number of carbonyl (C=O) groups is 1. The highest BCUT2D eigenvalue weighted by Crippen LogP contribution is 2.25. The van der Waals surface area contributed by atoms with E-state index in [1.807, 2.05) is 11.6 Å². The number of hydrogen-bond acceptors (Lipinski definition) is 4. The molecule has 7 nitrogen and oxygen atoms in total. The molecule has 1 N–H and O–H groups in total. The largest absolute Gasteiger partial charge is 0.367 e. The predicted octanol–water partition coefficient (Wildman–Crippen LogP) is 0.523. The summed E-state index contributed by atoms with van der Waals surface area (Å²) in [6.07, 6.45) is 6.53. The third-order valence-electron chi connectivity index (χ3n) is 3.87. The topological polar surface area (TPSA) is 83.9 Å². The molecule has 1 amide bonds. The third-order valence-corrected chi connectivity index (χ3v) is 3.87. The number of pyridine rings is 1. The van der Waals surface area contributed by atoms with Crippen LogP contribution in [0.2, 0.25) is 0 Å². The number of piperidine rings is 1. The van der Waals surface area contributed by atoms with Gasteiger partial charge in [0, 0.05) is 44.5 Å². The van der Waals surface area contributed by atoms with Gasteiger partial charge in [0.2, 0.25) is 0 Å². The van der Waals surface area contributed by atoms with Gasteiger partial charge < -0.3 is 14.5 Å². The molecule has 1 unspecified atom stereocenters. The van der Waals surface area contributed by atoms with Crippen molar-refractivity contribution in [3.8, 4) is 0 Å². The molecular weight excluding hydrogens is 270 g/mol. The predicted molar refractivity (Wildman–Crippen MR) is 75.9 cm³/mol. The van der Waals surface area contributed by atoms with Gasteiger partial charge in [-0.3, -0.25) is 9.59 Å². The first-order chi connectivity index (χ1) is 10.2. The van der Waals surface area contributed by atoms with Crippen LogP contribution >= 0.6 is 0 Å². The number of nitrogens with zero attached hydrogens (tertiary/aromatic N) is 4. The summed E-state index contributed by atoms with van der Waals surface area (Å²) in [5.74, 6) is 0.830. The highest BCUT2D eigenvalue weighted by molar-refractivity contribution is 5.93. The van der Waals surface area contributed by atoms with Crippen LogP contribution in [-0.2, 0) is 7.05 Å². The van der Waals surface area contributed by atoms with Crippen LogP contribution in [0.3, 0.4) is 0 Å². The average molecular weight is 287 g/mol. The van der Waals surface area contributed by atoms with Crippen molar-refractivity contribution in [3.05, 3.63) is 46.4 Å². The molecule has 1 atom stereocenters. The molecule has 2 aromatic rings. The summed E-state index contributed by atoms with van der Waals surface area (Å²) in [5, 5.41) is 8.02. The molecule has 0 aliphatic carbocycles. The first-order valence-electron chi connectivity index (χ1n) is 6.97. The van der Waals surface area contributed by atoms with E-state index in [1.165, 1.54) is 18.5 Å². The standard InChI is InChI=1S/C14H17N5O2/c1-18-9-16-17-13(18)10-3-2-6-19(8-10)14(21)11-7-15-5-4-12(11)20/h4-5,7,9-10H,2-3,6,8H2,1H3,(H,15,20). The number of aromatic amines is 1. The summed E-state index contributed by atoms with van der Waals surface area (Å²) < 4.78 is 1.88. The summed E-state index contributed by atoms with van der Waals surface area (Å²) in [5.41, 5.74) is -0.0596. The summed E-state index contributed by atoms with van der Waals surface area (Å²) in [6, 6.07) is 1.37. The maximum Gasteiger partial charge on any atom is 0.259 e. The summed E-state index contributed by atoms with van der Waals surface area (Å²) >= 11 is 0. The summed E-state index contributed by atoms with van der Waals surface area (Å²) in [7, 11) is 1.90. The van der Waals surface area contributed by atoms with Crippen molar-refractivity contribution >= 4 is 5.91 Å². The maximum atomic E-state index is 12.5. The molecule has 0 radical (unpaired) electrons. The maximum absolute atomic E-state index is 12.5. The number of carbonyl (C=O) groups excluding carboxylic acids is 1. The van der Waals surface area contributed by atoms with E-state index in [0.29, 0.717) is 13.1 Å². The van der Waals surface area contributed by atoms with Gasteiger partial charge in [-0.15, -0.1) is 10.2 Å². The zero-order valence-electron chi connectivity index (χ0n) is 11.8. The molecule has 1 aliphatic rings. The number of aryl methyl sites for hydroxylation is 1. The zero-order valence-corrected chi connectivity index (χ0v) is 11.8. The molecule has 0 bridgehead atoms. The van der Waals surface area contributed by atoms with Crippen LogP contribution in [0.15, 0.2) is 29.6 Å². The van der Waals surface area contributed by atoms with Crippen LogP contribution in [0, 0.1) is 0 Å². The van der Waals surface area contributed by atoms with E-state index in [1.54, 1.807) is 11.2 Å². The van der Waals surface area contributed by atoms with E-state index in [2.05, 4.69) is 15.2 Å². The molecule has 1 fully saturated rings. The van der Waals surface area contributed by atoms with Crippen molar-refractivity contribution < 1.29 is 4.79 Å². The second kappa shape index (κ2) is 5.51. The second-order valence-corrected chi connectivity index (χ2v) is 5.31. The van der Waals surface area contributed by atoms with Crippen LogP contribution < -0.4 is 5.43 Å². The van der Waals surface area contributed by atoms with Crippen molar-refractivity contribution in [2.24, 2.45) is 7.05 Å². The van der Waals surface area contributed by atoms with Gasteiger partial charge in [0.25, 0.3) is 5.91 Å². The van der Waals surface area contributed by atoms with Gasteiger partial charge in [0.1, 0.15) is 17.7 Å². The fourth-order valence-corrected chi connectivity index (χ4v) is 2.79. The number of likely N-dealkylation sites (tertiary alicyclic amines) is 1. The molecule has 2 aromatic heterocycles. The van der Waals surface area contributed by atoms with E-state index in [0.717, 1.165) is 18.7 Å². The number of amides is 1. The summed E-state index contributed by atoms with van der Waals surface area (Å²) in [4.78, 5) is 28.8. The van der Waals surface area contributed by atoms with Gasteiger partial charge in [-0.05, 0) is 12.8 Å². The lowest BCUT2D eigenvalue weighted by molar-refractivity contribution is 0.0701. The fraction of sp³-hybridized carbons (Fsp3) is 0.429. The Morgan fingerprint density at radius 3 is 3.05 bits per heavy atom. The Balaban J connectivity index is 1.81. The van der Waals surface area contributed by atoms with Crippen molar-refractivity contribution in [2.45, 2.75) is 18.8 Å². The van der Waals surface area contributed by atoms with Crippen LogP contribution in [0.5, 0.6) is 0 Å². The van der Waals surface area contributed by atoms with Gasteiger partial charge in [0.05, 0.1) is 0 Å². The highest BCUT2D eigenvalue weighted by atomic mass is 16.2. The molecule has 0 spiro atoms. The quantitative estimate of drug-likeness (QED) is 0.873. The molecular formula is C14H17N5O2. The van der Waals surface area contributed by atoms with Gasteiger partial charge in [-0.25, -0.2) is 0 Å². The minimum absolute atomic E-state index is 0.165. The Labute approximate surface area is 121 Å². The highest BCUT2D eigenvalue weighted by Gasteiger charge is 2.28. The SMILES string of the molecule is Cn1cnnc1C1CCCN(C(=O)c2c[nH]ccc2=O)C1. The molecule has 0 aromatic carbocycles. The molecule has 1 saturated heterocycles. The number of nitrogens with one attached hydrogen (secondary N) is 1. The van der Waals surface area contributed by atoms with E-state index < -0.39 is 0 Å². The van der Waals surface area contributed by atoms with Gasteiger partial charge >= 0.3 is 0 Å². The Bertz CT molecular complexity index is 705. The second-order valence-electron chi connectivity index (χ2n) is 5.31. The average Bonchev–Trinajstić information content (AvgIpc) is 2.93. The van der Waals surface area contributed by atoms with Gasteiger partial charge in [-0.2, -0.15) is 0 Å². The van der Waals surface area contributed by atoms with E-state index >= 15 is 0 Å². The van der Waals surface area contributed by atoms with Crippen molar-refractivity contribution in [1.29, 1.82) is 0 Å². The number of H-pyrrole nitrogens is 1. The molecule has 0 saturated carbocycles. The molecule has 110 valence electrons. The first-order valence-corrected chi connectivity index (χ1v) is 6.97. The minimum Gasteiger partial charge on any atom is -0.367 e. The van der Waals surface area contributed by atoms with Gasteiger partial charge in [-0.1, -0.05) is 0 Å². The number of hydrogen-bond donors (Lipinski definition) is 1. The number of rotatable bonds is 2. The van der Waals surface area contributed by atoms with Crippen LogP contribution in [0.4, 0.5) is 0 Å². The molecule has 7 heteroatoms. The molecule has 21 heavy (non-hydrogen) atoms. The normalized spacial score (nSPS) is 18.7. The lowest BCUT2D eigenvalue weighted by Gasteiger charge is -2.32. The lowest BCUT2D eigenvalue weighted by Crippen LogP contribution is -2.41. The zero-order chi connectivity index (χ0) is 14.8. The van der Waals surface area contributed by atoms with Crippen LogP contribution in [0.25, 0.3) is 0 Å². The Hall–Kier alpha value is -2.44. The van der Waals surface area contributed by atoms with Crippen molar-refractivity contribution in [1.82, 2.24) is 24.6 Å². The molecule has 3 heterocycles. The molecule has 1 aliphatic heterocycles.